The van der Waals surface area contributed by atoms with Gasteiger partial charge in [-0.25, -0.2) is 4.98 Å². The third-order valence-corrected chi connectivity index (χ3v) is 3.32. The second-order valence-electron chi connectivity index (χ2n) is 5.05. The van der Waals surface area contributed by atoms with E-state index in [1.165, 1.54) is 0 Å². The number of aryl methyl sites for hydroxylation is 1. The van der Waals surface area contributed by atoms with E-state index in [0.29, 0.717) is 12.2 Å². The number of hydrogen-bond donors (Lipinski definition) is 2. The first kappa shape index (κ1) is 14.8. The number of nitrogens with zero attached hydrogens (tertiary/aromatic N) is 1. The predicted molar refractivity (Wildman–Crippen MR) is 79.1 cm³/mol. The lowest BCUT2D eigenvalue weighted by molar-refractivity contribution is 0.0929. The number of anilines is 1. The lowest BCUT2D eigenvalue weighted by Gasteiger charge is -2.13. The molecule has 1 aromatic heterocycles. The maximum absolute atomic E-state index is 12.3. The molecule has 1 aliphatic heterocycles. The molecule has 0 saturated carbocycles. The third kappa shape index (κ3) is 3.93. The number of carbonyl (C=O) groups excluding carboxylic acids is 1. The summed E-state index contributed by atoms with van der Waals surface area (Å²) >= 11 is 0. The van der Waals surface area contributed by atoms with Crippen LogP contribution in [-0.2, 0) is 11.2 Å². The fourth-order valence-corrected chi connectivity index (χ4v) is 2.16. The van der Waals surface area contributed by atoms with E-state index in [4.69, 9.17) is 4.74 Å². The Hall–Kier alpha value is -1.62. The van der Waals surface area contributed by atoms with Crippen LogP contribution >= 0.6 is 0 Å². The molecule has 2 rings (SSSR count). The topological polar surface area (TPSA) is 63.2 Å². The number of hydrogen-bond acceptors (Lipinski definition) is 4. The Balaban J connectivity index is 2.09. The molecule has 1 fully saturated rings. The molecule has 2 heterocycles. The summed E-state index contributed by atoms with van der Waals surface area (Å²) in [6.07, 6.45) is 2.73. The third-order valence-electron chi connectivity index (χ3n) is 3.32. The van der Waals surface area contributed by atoms with Crippen molar-refractivity contribution in [3.8, 4) is 0 Å². The first-order valence-corrected chi connectivity index (χ1v) is 7.36. The van der Waals surface area contributed by atoms with Crippen LogP contribution in [0, 0.1) is 0 Å². The van der Waals surface area contributed by atoms with Gasteiger partial charge in [-0.05, 0) is 31.4 Å². The highest BCUT2D eigenvalue weighted by Crippen LogP contribution is 2.13. The molecule has 1 atom stereocenters. The van der Waals surface area contributed by atoms with Gasteiger partial charge >= 0.3 is 0 Å². The minimum absolute atomic E-state index is 0.0443. The number of aromatic nitrogens is 1. The molecule has 1 unspecified atom stereocenters. The Bertz CT molecular complexity index is 456. The van der Waals surface area contributed by atoms with E-state index < -0.39 is 0 Å². The molecular formula is C15H23N3O2. The van der Waals surface area contributed by atoms with E-state index in [0.717, 1.165) is 43.9 Å². The maximum atomic E-state index is 12.3. The molecule has 5 heteroatoms. The highest BCUT2D eigenvalue weighted by Gasteiger charge is 2.19. The highest BCUT2D eigenvalue weighted by atomic mass is 16.5. The van der Waals surface area contributed by atoms with Crippen molar-refractivity contribution in [1.29, 1.82) is 0 Å². The van der Waals surface area contributed by atoms with Gasteiger partial charge in [0.25, 0.3) is 5.91 Å². The molecule has 0 bridgehead atoms. The van der Waals surface area contributed by atoms with Gasteiger partial charge in [-0.1, -0.05) is 13.8 Å². The molecule has 1 aliphatic rings. The lowest BCUT2D eigenvalue weighted by atomic mass is 10.1. The smallest absolute Gasteiger partial charge is 0.251 e. The Labute approximate surface area is 120 Å². The average Bonchev–Trinajstić information content (AvgIpc) is 2.97. The fourth-order valence-electron chi connectivity index (χ4n) is 2.16. The average molecular weight is 277 g/mol. The minimum atomic E-state index is -0.0443. The fraction of sp³-hybridized carbons (Fsp3) is 0.600. The van der Waals surface area contributed by atoms with Gasteiger partial charge in [0.2, 0.25) is 0 Å². The number of rotatable bonds is 6. The van der Waals surface area contributed by atoms with Crippen LogP contribution in [-0.4, -0.2) is 36.7 Å². The summed E-state index contributed by atoms with van der Waals surface area (Å²) < 4.78 is 5.28. The normalized spacial score (nSPS) is 18.0. The van der Waals surface area contributed by atoms with Gasteiger partial charge in [0, 0.05) is 24.4 Å². The SMILES string of the molecule is CCCNc1cc(C(=O)NC2CCOC2)cc(CC)n1. The van der Waals surface area contributed by atoms with Crippen molar-refractivity contribution < 1.29 is 9.53 Å². The Morgan fingerprint density at radius 1 is 1.45 bits per heavy atom. The Morgan fingerprint density at radius 3 is 2.95 bits per heavy atom. The molecule has 1 saturated heterocycles. The second-order valence-corrected chi connectivity index (χ2v) is 5.05. The molecule has 0 radical (unpaired) electrons. The molecule has 0 aliphatic carbocycles. The van der Waals surface area contributed by atoms with E-state index in [1.54, 1.807) is 0 Å². The van der Waals surface area contributed by atoms with Gasteiger partial charge in [-0.15, -0.1) is 0 Å². The molecule has 0 aromatic carbocycles. The van der Waals surface area contributed by atoms with Gasteiger partial charge in [-0.3, -0.25) is 4.79 Å². The minimum Gasteiger partial charge on any atom is -0.379 e. The molecule has 110 valence electrons. The van der Waals surface area contributed by atoms with Crippen molar-refractivity contribution in [3.63, 3.8) is 0 Å². The van der Waals surface area contributed by atoms with Gasteiger partial charge in [0.15, 0.2) is 0 Å². The number of nitrogens with one attached hydrogen (secondary N) is 2. The highest BCUT2D eigenvalue weighted by molar-refractivity contribution is 5.95. The first-order chi connectivity index (χ1) is 9.72. The van der Waals surface area contributed by atoms with Gasteiger partial charge in [-0.2, -0.15) is 0 Å². The second kappa shape index (κ2) is 7.24. The summed E-state index contributed by atoms with van der Waals surface area (Å²) in [5.74, 6) is 0.733. The van der Waals surface area contributed by atoms with Crippen molar-refractivity contribution >= 4 is 11.7 Å². The summed E-state index contributed by atoms with van der Waals surface area (Å²) in [4.78, 5) is 16.8. The zero-order valence-electron chi connectivity index (χ0n) is 12.2. The number of amides is 1. The van der Waals surface area contributed by atoms with Crippen LogP contribution in [0.2, 0.25) is 0 Å². The molecule has 1 amide bonds. The standard InChI is InChI=1S/C15H23N3O2/c1-3-6-16-14-9-11(8-12(4-2)17-14)15(19)18-13-5-7-20-10-13/h8-9,13H,3-7,10H2,1-2H3,(H,16,17)(H,18,19). The summed E-state index contributed by atoms with van der Waals surface area (Å²) in [5.41, 5.74) is 1.60. The summed E-state index contributed by atoms with van der Waals surface area (Å²) in [5, 5.41) is 6.25. The largest absolute Gasteiger partial charge is 0.379 e. The zero-order valence-corrected chi connectivity index (χ0v) is 12.2. The van der Waals surface area contributed by atoms with E-state index in [2.05, 4.69) is 22.5 Å². The number of pyridine rings is 1. The Morgan fingerprint density at radius 2 is 2.30 bits per heavy atom. The van der Waals surface area contributed by atoms with Crippen molar-refractivity contribution in [2.75, 3.05) is 25.1 Å². The Kier molecular flexibility index (Phi) is 5.35. The summed E-state index contributed by atoms with van der Waals surface area (Å²) in [7, 11) is 0. The van der Waals surface area contributed by atoms with Crippen molar-refractivity contribution in [3.05, 3.63) is 23.4 Å². The first-order valence-electron chi connectivity index (χ1n) is 7.36. The summed E-state index contributed by atoms with van der Waals surface area (Å²) in [6.45, 7) is 6.34. The number of carbonyl (C=O) groups is 1. The zero-order chi connectivity index (χ0) is 14.4. The van der Waals surface area contributed by atoms with Crippen LogP contribution in [0.5, 0.6) is 0 Å². The quantitative estimate of drug-likeness (QED) is 0.834. The van der Waals surface area contributed by atoms with Gasteiger partial charge in [0.05, 0.1) is 12.6 Å². The van der Waals surface area contributed by atoms with Crippen LogP contribution in [0.4, 0.5) is 5.82 Å². The van der Waals surface area contributed by atoms with Crippen LogP contribution in [0.1, 0.15) is 42.7 Å². The molecule has 5 nitrogen and oxygen atoms in total. The van der Waals surface area contributed by atoms with Crippen LogP contribution in [0.25, 0.3) is 0 Å². The predicted octanol–water partition coefficient (Wildman–Crippen LogP) is 1.98. The lowest BCUT2D eigenvalue weighted by Crippen LogP contribution is -2.35. The van der Waals surface area contributed by atoms with E-state index in [1.807, 2.05) is 19.1 Å². The molecule has 0 spiro atoms. The van der Waals surface area contributed by atoms with Crippen LogP contribution in [0.3, 0.4) is 0 Å². The number of ether oxygens (including phenoxy) is 1. The maximum Gasteiger partial charge on any atom is 0.251 e. The van der Waals surface area contributed by atoms with Gasteiger partial charge < -0.3 is 15.4 Å². The molecular weight excluding hydrogens is 254 g/mol. The molecule has 1 aromatic rings. The van der Waals surface area contributed by atoms with Crippen molar-refractivity contribution in [2.24, 2.45) is 0 Å². The van der Waals surface area contributed by atoms with Crippen molar-refractivity contribution in [2.45, 2.75) is 39.2 Å². The van der Waals surface area contributed by atoms with Gasteiger partial charge in [0.1, 0.15) is 5.82 Å². The van der Waals surface area contributed by atoms with E-state index in [-0.39, 0.29) is 11.9 Å². The summed E-state index contributed by atoms with van der Waals surface area (Å²) in [6, 6.07) is 3.81. The molecule has 20 heavy (non-hydrogen) atoms. The van der Waals surface area contributed by atoms with E-state index in [9.17, 15) is 4.79 Å². The van der Waals surface area contributed by atoms with E-state index >= 15 is 0 Å². The monoisotopic (exact) mass is 277 g/mol. The van der Waals surface area contributed by atoms with Crippen LogP contribution in [0.15, 0.2) is 12.1 Å². The van der Waals surface area contributed by atoms with Crippen molar-refractivity contribution in [1.82, 2.24) is 10.3 Å². The molecule has 2 N–H and O–H groups in total. The van der Waals surface area contributed by atoms with Crippen LogP contribution < -0.4 is 10.6 Å².